The first kappa shape index (κ1) is 21.8. The highest BCUT2D eigenvalue weighted by atomic mass is 35.5. The molecule has 2 aromatic carbocycles. The summed E-state index contributed by atoms with van der Waals surface area (Å²) in [6.07, 6.45) is 1.54. The third-order valence-electron chi connectivity index (χ3n) is 5.87. The van der Waals surface area contributed by atoms with Gasteiger partial charge in [0.2, 0.25) is 5.91 Å². The first-order chi connectivity index (χ1) is 15.4. The lowest BCUT2D eigenvalue weighted by atomic mass is 9.76. The van der Waals surface area contributed by atoms with E-state index in [-0.39, 0.29) is 28.8 Å². The highest BCUT2D eigenvalue weighted by molar-refractivity contribution is 6.34. The standard InChI is InChI=1S/C23H21ClN2O6/c1-31-20-8-3-5-14(23(20)32-2)15-12-21(28)25(18-6-4-7-19(27)22(15)18)17-10-9-13(26(29)30)11-16(17)24/h3,5,8-11,15H,4,6-7,12H2,1-2H3. The minimum atomic E-state index is -0.548. The summed E-state index contributed by atoms with van der Waals surface area (Å²) in [6, 6.07) is 9.36. The summed E-state index contributed by atoms with van der Waals surface area (Å²) in [5.41, 5.74) is 2.01. The summed E-state index contributed by atoms with van der Waals surface area (Å²) in [7, 11) is 3.05. The molecule has 1 heterocycles. The smallest absolute Gasteiger partial charge is 0.271 e. The van der Waals surface area contributed by atoms with E-state index in [1.165, 1.54) is 37.3 Å². The van der Waals surface area contributed by atoms with Crippen LogP contribution in [0.15, 0.2) is 47.7 Å². The molecule has 0 saturated carbocycles. The molecule has 4 rings (SSSR count). The highest BCUT2D eigenvalue weighted by Crippen LogP contribution is 2.48. The van der Waals surface area contributed by atoms with Crippen LogP contribution in [0.2, 0.25) is 5.02 Å². The van der Waals surface area contributed by atoms with Crippen LogP contribution in [0, 0.1) is 10.1 Å². The lowest BCUT2D eigenvalue weighted by Gasteiger charge is -2.39. The van der Waals surface area contributed by atoms with Crippen molar-refractivity contribution >= 4 is 34.7 Å². The molecule has 166 valence electrons. The van der Waals surface area contributed by atoms with E-state index in [2.05, 4.69) is 0 Å². The van der Waals surface area contributed by atoms with Crippen molar-refractivity contribution in [1.82, 2.24) is 0 Å². The van der Waals surface area contributed by atoms with Crippen LogP contribution < -0.4 is 14.4 Å². The number of nitro benzene ring substituents is 1. The number of para-hydroxylation sites is 1. The molecule has 1 unspecified atom stereocenters. The normalized spacial score (nSPS) is 18.5. The zero-order valence-corrected chi connectivity index (χ0v) is 18.3. The van der Waals surface area contributed by atoms with Gasteiger partial charge in [0.25, 0.3) is 5.69 Å². The van der Waals surface area contributed by atoms with Crippen molar-refractivity contribution in [3.05, 3.63) is 68.4 Å². The van der Waals surface area contributed by atoms with Crippen molar-refractivity contribution in [3.8, 4) is 11.5 Å². The van der Waals surface area contributed by atoms with Gasteiger partial charge in [-0.1, -0.05) is 23.7 Å². The first-order valence-electron chi connectivity index (χ1n) is 10.1. The maximum Gasteiger partial charge on any atom is 0.271 e. The lowest BCUT2D eigenvalue weighted by molar-refractivity contribution is -0.384. The van der Waals surface area contributed by atoms with Gasteiger partial charge in [-0.05, 0) is 25.0 Å². The second kappa shape index (κ2) is 8.63. The van der Waals surface area contributed by atoms with Crippen molar-refractivity contribution < 1.29 is 24.0 Å². The van der Waals surface area contributed by atoms with Gasteiger partial charge in [-0.3, -0.25) is 24.6 Å². The topological polar surface area (TPSA) is 99.0 Å². The van der Waals surface area contributed by atoms with Gasteiger partial charge < -0.3 is 9.47 Å². The molecule has 0 fully saturated rings. The quantitative estimate of drug-likeness (QED) is 0.473. The number of ketones is 1. The Labute approximate surface area is 189 Å². The monoisotopic (exact) mass is 456 g/mol. The number of Topliss-reactive ketones (excluding diaryl/α,β-unsaturated/α-hetero) is 1. The number of hydrogen-bond acceptors (Lipinski definition) is 6. The molecule has 1 atom stereocenters. The maximum absolute atomic E-state index is 13.4. The van der Waals surface area contributed by atoms with Crippen molar-refractivity contribution in [2.75, 3.05) is 19.1 Å². The van der Waals surface area contributed by atoms with Crippen molar-refractivity contribution in [1.29, 1.82) is 0 Å². The Morgan fingerprint density at radius 1 is 1.12 bits per heavy atom. The number of anilines is 1. The van der Waals surface area contributed by atoms with Gasteiger partial charge in [-0.25, -0.2) is 0 Å². The van der Waals surface area contributed by atoms with Gasteiger partial charge in [0.15, 0.2) is 17.3 Å². The Balaban J connectivity index is 1.89. The minimum absolute atomic E-state index is 0.0292. The van der Waals surface area contributed by atoms with Gasteiger partial charge in [0.05, 0.1) is 29.9 Å². The predicted octanol–water partition coefficient (Wildman–Crippen LogP) is 4.79. The number of hydrogen-bond donors (Lipinski definition) is 0. The largest absolute Gasteiger partial charge is 0.493 e. The average Bonchev–Trinajstić information content (AvgIpc) is 2.78. The number of rotatable bonds is 5. The Kier molecular flexibility index (Phi) is 5.88. The van der Waals surface area contributed by atoms with Gasteiger partial charge in [-0.15, -0.1) is 0 Å². The molecule has 0 N–H and O–H groups in total. The number of carbonyl (C=O) groups excluding carboxylic acids is 2. The summed E-state index contributed by atoms with van der Waals surface area (Å²) in [6.45, 7) is 0. The van der Waals surface area contributed by atoms with E-state index in [4.69, 9.17) is 21.1 Å². The molecular weight excluding hydrogens is 436 g/mol. The molecule has 9 heteroatoms. The average molecular weight is 457 g/mol. The lowest BCUT2D eigenvalue weighted by Crippen LogP contribution is -2.40. The Morgan fingerprint density at radius 2 is 1.91 bits per heavy atom. The number of nitrogens with zero attached hydrogens (tertiary/aromatic N) is 2. The van der Waals surface area contributed by atoms with Crippen LogP contribution in [0.1, 0.15) is 37.2 Å². The first-order valence-corrected chi connectivity index (χ1v) is 10.5. The van der Waals surface area contributed by atoms with Crippen molar-refractivity contribution in [2.45, 2.75) is 31.6 Å². The van der Waals surface area contributed by atoms with Crippen LogP contribution in [0.3, 0.4) is 0 Å². The number of carbonyl (C=O) groups is 2. The number of benzene rings is 2. The number of amides is 1. The molecule has 1 aliphatic heterocycles. The molecule has 2 aromatic rings. The van der Waals surface area contributed by atoms with Gasteiger partial charge >= 0.3 is 0 Å². The molecule has 2 aliphatic rings. The molecule has 32 heavy (non-hydrogen) atoms. The van der Waals surface area contributed by atoms with Gasteiger partial charge in [0.1, 0.15) is 0 Å². The van der Waals surface area contributed by atoms with Crippen molar-refractivity contribution in [3.63, 3.8) is 0 Å². The number of methoxy groups -OCH3 is 2. The van der Waals surface area contributed by atoms with E-state index in [1.54, 1.807) is 12.1 Å². The van der Waals surface area contributed by atoms with E-state index in [1.807, 2.05) is 6.07 Å². The summed E-state index contributed by atoms with van der Waals surface area (Å²) in [5, 5.41) is 11.2. The Morgan fingerprint density at radius 3 is 2.56 bits per heavy atom. The summed E-state index contributed by atoms with van der Waals surface area (Å²) in [5.74, 6) is 0.243. The Bertz CT molecular complexity index is 1160. The SMILES string of the molecule is COc1cccc(C2CC(=O)N(c3ccc([N+](=O)[O-])cc3Cl)C3=C2C(=O)CCC3)c1OC. The molecule has 0 spiro atoms. The molecule has 0 aromatic heterocycles. The summed E-state index contributed by atoms with van der Waals surface area (Å²) >= 11 is 6.34. The fraction of sp³-hybridized carbons (Fsp3) is 0.304. The maximum atomic E-state index is 13.4. The third-order valence-corrected chi connectivity index (χ3v) is 6.17. The van der Waals surface area contributed by atoms with E-state index >= 15 is 0 Å². The molecule has 1 amide bonds. The number of non-ortho nitro benzene ring substituents is 1. The molecule has 8 nitrogen and oxygen atoms in total. The fourth-order valence-electron chi connectivity index (χ4n) is 4.52. The zero-order valence-electron chi connectivity index (χ0n) is 17.6. The van der Waals surface area contributed by atoms with E-state index in [0.29, 0.717) is 53.3 Å². The van der Waals surface area contributed by atoms with Crippen LogP contribution in [-0.2, 0) is 9.59 Å². The van der Waals surface area contributed by atoms with Gasteiger partial charge in [0, 0.05) is 47.7 Å². The molecule has 0 bridgehead atoms. The van der Waals surface area contributed by atoms with Crippen molar-refractivity contribution in [2.24, 2.45) is 0 Å². The van der Waals surface area contributed by atoms with E-state index < -0.39 is 10.8 Å². The van der Waals surface area contributed by atoms with Crippen LogP contribution in [-0.4, -0.2) is 30.8 Å². The molecular formula is C23H21ClN2O6. The van der Waals surface area contributed by atoms with Gasteiger partial charge in [-0.2, -0.15) is 0 Å². The number of ether oxygens (including phenoxy) is 2. The van der Waals surface area contributed by atoms with Crippen LogP contribution in [0.25, 0.3) is 0 Å². The second-order valence-corrected chi connectivity index (χ2v) is 8.01. The molecule has 1 aliphatic carbocycles. The predicted molar refractivity (Wildman–Crippen MR) is 118 cm³/mol. The van der Waals surface area contributed by atoms with Crippen LogP contribution in [0.5, 0.6) is 11.5 Å². The Hall–Kier alpha value is -3.39. The highest BCUT2D eigenvalue weighted by Gasteiger charge is 2.41. The van der Waals surface area contributed by atoms with Crippen LogP contribution in [0.4, 0.5) is 11.4 Å². The molecule has 0 radical (unpaired) electrons. The number of halogens is 1. The summed E-state index contributed by atoms with van der Waals surface area (Å²) < 4.78 is 11.0. The summed E-state index contributed by atoms with van der Waals surface area (Å²) in [4.78, 5) is 38.4. The number of allylic oxidation sites excluding steroid dienone is 2. The van der Waals surface area contributed by atoms with Crippen LogP contribution >= 0.6 is 11.6 Å². The van der Waals surface area contributed by atoms with E-state index in [9.17, 15) is 19.7 Å². The third kappa shape index (κ3) is 3.60. The zero-order chi connectivity index (χ0) is 23.0. The minimum Gasteiger partial charge on any atom is -0.493 e. The fourth-order valence-corrected chi connectivity index (χ4v) is 4.77. The molecule has 0 saturated heterocycles. The second-order valence-electron chi connectivity index (χ2n) is 7.60. The number of nitro groups is 1. The van der Waals surface area contributed by atoms with E-state index in [0.717, 1.165) is 0 Å².